The Kier molecular flexibility index (Phi) is 3.73. The monoisotopic (exact) mass is 252 g/mol. The van der Waals surface area contributed by atoms with E-state index < -0.39 is 0 Å². The Morgan fingerprint density at radius 1 is 1.44 bits per heavy atom. The standard InChI is InChI=1S/C13H24N4O/c1-10-7-16(6-5-12(10)18)8-11-9-17(15-14-11)13(2,3)4/h9-10,12,18H,5-8H2,1-4H3. The fourth-order valence-corrected chi connectivity index (χ4v) is 2.29. The summed E-state index contributed by atoms with van der Waals surface area (Å²) in [6.45, 7) is 11.1. The number of aromatic nitrogens is 3. The van der Waals surface area contributed by atoms with Crippen molar-refractivity contribution >= 4 is 0 Å². The van der Waals surface area contributed by atoms with Crippen molar-refractivity contribution in [1.29, 1.82) is 0 Å². The minimum atomic E-state index is -0.147. The van der Waals surface area contributed by atoms with E-state index in [1.807, 2.05) is 10.9 Å². The van der Waals surface area contributed by atoms with E-state index in [2.05, 4.69) is 42.9 Å². The molecule has 0 aromatic carbocycles. The molecular weight excluding hydrogens is 228 g/mol. The van der Waals surface area contributed by atoms with Gasteiger partial charge in [-0.25, -0.2) is 4.68 Å². The highest BCUT2D eigenvalue weighted by molar-refractivity contribution is 4.95. The maximum Gasteiger partial charge on any atom is 0.0967 e. The molecule has 5 nitrogen and oxygen atoms in total. The van der Waals surface area contributed by atoms with Gasteiger partial charge in [0.25, 0.3) is 0 Å². The van der Waals surface area contributed by atoms with Crippen molar-refractivity contribution in [2.45, 2.75) is 52.3 Å². The quantitative estimate of drug-likeness (QED) is 0.860. The highest BCUT2D eigenvalue weighted by Gasteiger charge is 2.25. The second-order valence-electron chi connectivity index (χ2n) is 6.39. The van der Waals surface area contributed by atoms with Gasteiger partial charge in [-0.15, -0.1) is 5.10 Å². The lowest BCUT2D eigenvalue weighted by atomic mass is 9.97. The van der Waals surface area contributed by atoms with E-state index in [0.717, 1.165) is 31.7 Å². The summed E-state index contributed by atoms with van der Waals surface area (Å²) in [5.74, 6) is 0.344. The van der Waals surface area contributed by atoms with Gasteiger partial charge in [-0.1, -0.05) is 12.1 Å². The Hall–Kier alpha value is -0.940. The van der Waals surface area contributed by atoms with Gasteiger partial charge < -0.3 is 5.11 Å². The summed E-state index contributed by atoms with van der Waals surface area (Å²) >= 11 is 0. The third-order valence-corrected chi connectivity index (χ3v) is 3.56. The van der Waals surface area contributed by atoms with Crippen LogP contribution in [0.3, 0.4) is 0 Å². The van der Waals surface area contributed by atoms with Gasteiger partial charge in [0.05, 0.1) is 23.5 Å². The van der Waals surface area contributed by atoms with Crippen LogP contribution in [0, 0.1) is 5.92 Å². The summed E-state index contributed by atoms with van der Waals surface area (Å²) in [6, 6.07) is 0. The van der Waals surface area contributed by atoms with E-state index in [1.54, 1.807) is 0 Å². The second-order valence-corrected chi connectivity index (χ2v) is 6.39. The smallest absolute Gasteiger partial charge is 0.0967 e. The lowest BCUT2D eigenvalue weighted by molar-refractivity contribution is 0.0315. The average molecular weight is 252 g/mol. The van der Waals surface area contributed by atoms with Crippen LogP contribution >= 0.6 is 0 Å². The highest BCUT2D eigenvalue weighted by atomic mass is 16.3. The number of rotatable bonds is 2. The molecule has 0 amide bonds. The topological polar surface area (TPSA) is 54.2 Å². The van der Waals surface area contributed by atoms with E-state index >= 15 is 0 Å². The van der Waals surface area contributed by atoms with Gasteiger partial charge in [0, 0.05) is 19.6 Å². The Balaban J connectivity index is 1.96. The molecule has 1 saturated heterocycles. The van der Waals surface area contributed by atoms with Crippen LogP contribution in [-0.4, -0.2) is 44.2 Å². The van der Waals surface area contributed by atoms with Gasteiger partial charge in [-0.05, 0) is 33.1 Å². The Labute approximate surface area is 109 Å². The Morgan fingerprint density at radius 3 is 2.72 bits per heavy atom. The first-order chi connectivity index (χ1) is 8.36. The summed E-state index contributed by atoms with van der Waals surface area (Å²) in [5.41, 5.74) is 0.991. The number of piperidine rings is 1. The van der Waals surface area contributed by atoms with E-state index in [4.69, 9.17) is 0 Å². The number of nitrogens with zero attached hydrogens (tertiary/aromatic N) is 4. The number of aliphatic hydroxyl groups excluding tert-OH is 1. The van der Waals surface area contributed by atoms with Crippen LogP contribution in [0.5, 0.6) is 0 Å². The molecule has 1 aliphatic rings. The molecule has 2 rings (SSSR count). The number of hydrogen-bond acceptors (Lipinski definition) is 4. The van der Waals surface area contributed by atoms with Crippen molar-refractivity contribution in [2.75, 3.05) is 13.1 Å². The molecule has 2 atom stereocenters. The predicted molar refractivity (Wildman–Crippen MR) is 70.1 cm³/mol. The summed E-state index contributed by atoms with van der Waals surface area (Å²) in [4.78, 5) is 2.34. The summed E-state index contributed by atoms with van der Waals surface area (Å²) in [7, 11) is 0. The fourth-order valence-electron chi connectivity index (χ4n) is 2.29. The Morgan fingerprint density at radius 2 is 2.17 bits per heavy atom. The normalized spacial score (nSPS) is 26.5. The van der Waals surface area contributed by atoms with Crippen molar-refractivity contribution in [3.05, 3.63) is 11.9 Å². The number of aliphatic hydroxyl groups is 1. The van der Waals surface area contributed by atoms with Gasteiger partial charge in [0.1, 0.15) is 0 Å². The van der Waals surface area contributed by atoms with Crippen LogP contribution in [0.4, 0.5) is 0 Å². The van der Waals surface area contributed by atoms with Gasteiger partial charge in [-0.3, -0.25) is 4.90 Å². The largest absolute Gasteiger partial charge is 0.393 e. The van der Waals surface area contributed by atoms with Crippen LogP contribution in [0.1, 0.15) is 39.8 Å². The van der Waals surface area contributed by atoms with Crippen molar-refractivity contribution in [1.82, 2.24) is 19.9 Å². The van der Waals surface area contributed by atoms with Crippen LogP contribution in [0.15, 0.2) is 6.20 Å². The van der Waals surface area contributed by atoms with Crippen LogP contribution in [0.25, 0.3) is 0 Å². The van der Waals surface area contributed by atoms with E-state index in [0.29, 0.717) is 5.92 Å². The zero-order valence-corrected chi connectivity index (χ0v) is 11.8. The summed E-state index contributed by atoms with van der Waals surface area (Å²) in [6.07, 6.45) is 2.73. The molecule has 0 bridgehead atoms. The zero-order chi connectivity index (χ0) is 13.3. The average Bonchev–Trinajstić information content (AvgIpc) is 2.72. The van der Waals surface area contributed by atoms with Gasteiger partial charge >= 0.3 is 0 Å². The molecule has 2 unspecified atom stereocenters. The van der Waals surface area contributed by atoms with Gasteiger partial charge in [0.2, 0.25) is 0 Å². The molecule has 0 radical (unpaired) electrons. The van der Waals surface area contributed by atoms with Crippen LogP contribution in [0.2, 0.25) is 0 Å². The van der Waals surface area contributed by atoms with Crippen LogP contribution in [-0.2, 0) is 12.1 Å². The van der Waals surface area contributed by atoms with Crippen molar-refractivity contribution in [2.24, 2.45) is 5.92 Å². The minimum Gasteiger partial charge on any atom is -0.393 e. The zero-order valence-electron chi connectivity index (χ0n) is 11.8. The molecule has 1 N–H and O–H groups in total. The SMILES string of the molecule is CC1CN(Cc2cn(C(C)(C)C)nn2)CCC1O. The minimum absolute atomic E-state index is 0.0172. The van der Waals surface area contributed by atoms with Gasteiger partial charge in [-0.2, -0.15) is 0 Å². The second kappa shape index (κ2) is 4.97. The molecule has 2 heterocycles. The van der Waals surface area contributed by atoms with Crippen molar-refractivity contribution in [3.8, 4) is 0 Å². The van der Waals surface area contributed by atoms with Crippen LogP contribution < -0.4 is 0 Å². The molecule has 1 aromatic heterocycles. The molecule has 5 heteroatoms. The molecule has 1 aliphatic heterocycles. The molecular formula is C13H24N4O. The maximum atomic E-state index is 9.71. The number of likely N-dealkylation sites (tertiary alicyclic amines) is 1. The van der Waals surface area contributed by atoms with Crippen molar-refractivity contribution in [3.63, 3.8) is 0 Å². The van der Waals surface area contributed by atoms with Crippen molar-refractivity contribution < 1.29 is 5.11 Å². The predicted octanol–water partition coefficient (Wildman–Crippen LogP) is 1.24. The van der Waals surface area contributed by atoms with E-state index in [1.165, 1.54) is 0 Å². The maximum absolute atomic E-state index is 9.71. The third-order valence-electron chi connectivity index (χ3n) is 3.56. The lowest BCUT2D eigenvalue weighted by Gasteiger charge is -2.33. The highest BCUT2D eigenvalue weighted by Crippen LogP contribution is 2.18. The number of hydrogen-bond donors (Lipinski definition) is 1. The summed E-state index contributed by atoms with van der Waals surface area (Å²) < 4.78 is 1.91. The first-order valence-electron chi connectivity index (χ1n) is 6.68. The fraction of sp³-hybridized carbons (Fsp3) is 0.846. The lowest BCUT2D eigenvalue weighted by Crippen LogP contribution is -2.41. The molecule has 0 saturated carbocycles. The van der Waals surface area contributed by atoms with E-state index in [-0.39, 0.29) is 11.6 Å². The molecule has 18 heavy (non-hydrogen) atoms. The summed E-state index contributed by atoms with van der Waals surface area (Å²) in [5, 5.41) is 18.1. The first-order valence-corrected chi connectivity index (χ1v) is 6.68. The Bertz CT molecular complexity index is 396. The molecule has 0 aliphatic carbocycles. The molecule has 0 spiro atoms. The van der Waals surface area contributed by atoms with E-state index in [9.17, 15) is 5.11 Å². The van der Waals surface area contributed by atoms with Gasteiger partial charge in [0.15, 0.2) is 0 Å². The molecule has 102 valence electrons. The molecule has 1 aromatic rings. The molecule has 1 fully saturated rings. The third kappa shape index (κ3) is 3.09. The first kappa shape index (κ1) is 13.5.